The molecule has 0 saturated heterocycles. The Balaban J connectivity index is 1.48. The van der Waals surface area contributed by atoms with Gasteiger partial charge in [0.1, 0.15) is 5.82 Å². The molecule has 120 valence electrons. The molecule has 4 nitrogen and oxygen atoms in total. The summed E-state index contributed by atoms with van der Waals surface area (Å²) in [5.41, 5.74) is 1.72. The minimum Gasteiger partial charge on any atom is -0.351 e. The number of carbonyl (C=O) groups excluding carboxylic acids is 1. The maximum absolute atomic E-state index is 12.8. The molecule has 2 aliphatic rings. The van der Waals surface area contributed by atoms with Crippen LogP contribution in [0.3, 0.4) is 0 Å². The first kappa shape index (κ1) is 14.8. The van der Waals surface area contributed by atoms with Crippen molar-refractivity contribution in [2.45, 2.75) is 50.6 Å². The highest BCUT2D eigenvalue weighted by Gasteiger charge is 2.51. The normalized spacial score (nSPS) is 21.6. The van der Waals surface area contributed by atoms with Crippen molar-refractivity contribution in [2.75, 3.05) is 0 Å². The molecule has 1 aliphatic heterocycles. The zero-order valence-electron chi connectivity index (χ0n) is 13.2. The second kappa shape index (κ2) is 5.38. The number of nitrogens with zero attached hydrogens (tertiary/aromatic N) is 2. The minimum atomic E-state index is -0.365. The van der Waals surface area contributed by atoms with Gasteiger partial charge in [-0.3, -0.25) is 4.79 Å². The molecule has 0 unspecified atom stereocenters. The highest BCUT2D eigenvalue weighted by molar-refractivity contribution is 6.30. The monoisotopic (exact) mass is 329 g/mol. The van der Waals surface area contributed by atoms with Gasteiger partial charge < -0.3 is 9.88 Å². The molecule has 2 aromatic rings. The van der Waals surface area contributed by atoms with Crippen LogP contribution in [0.4, 0.5) is 0 Å². The fourth-order valence-electron chi connectivity index (χ4n) is 3.59. The number of halogens is 1. The molecule has 1 aliphatic carbocycles. The molecule has 1 aromatic heterocycles. The average molecular weight is 330 g/mol. The van der Waals surface area contributed by atoms with Crippen LogP contribution < -0.4 is 5.32 Å². The lowest BCUT2D eigenvalue weighted by atomic mass is 9.94. The number of fused-ring (bicyclic) bond motifs is 1. The third-order valence-corrected chi connectivity index (χ3v) is 5.25. The SMILES string of the molecule is Cc1cn2c(n1)CC[C@H](NC(=O)C1(c3cccc(Cl)c3)CC1)C2. The maximum Gasteiger partial charge on any atom is 0.230 e. The van der Waals surface area contributed by atoms with Gasteiger partial charge in [-0.1, -0.05) is 23.7 Å². The molecule has 0 spiro atoms. The van der Waals surface area contributed by atoms with Crippen molar-refractivity contribution >= 4 is 17.5 Å². The third kappa shape index (κ3) is 2.65. The first-order valence-electron chi connectivity index (χ1n) is 8.16. The van der Waals surface area contributed by atoms with Crippen molar-refractivity contribution in [1.82, 2.24) is 14.9 Å². The molecular weight excluding hydrogens is 310 g/mol. The van der Waals surface area contributed by atoms with Crippen molar-refractivity contribution < 1.29 is 4.79 Å². The maximum atomic E-state index is 12.8. The molecular formula is C18H20ClN3O. The number of rotatable bonds is 3. The second-order valence-electron chi connectivity index (χ2n) is 6.75. The molecule has 23 heavy (non-hydrogen) atoms. The van der Waals surface area contributed by atoms with Crippen molar-refractivity contribution in [3.8, 4) is 0 Å². The lowest BCUT2D eigenvalue weighted by Gasteiger charge is -2.27. The van der Waals surface area contributed by atoms with Crippen molar-refractivity contribution in [2.24, 2.45) is 0 Å². The van der Waals surface area contributed by atoms with Gasteiger partial charge in [0.05, 0.1) is 11.1 Å². The first-order valence-corrected chi connectivity index (χ1v) is 8.54. The van der Waals surface area contributed by atoms with Crippen LogP contribution in [0.15, 0.2) is 30.5 Å². The van der Waals surface area contributed by atoms with E-state index in [1.54, 1.807) is 0 Å². The van der Waals surface area contributed by atoms with Gasteiger partial charge in [-0.15, -0.1) is 0 Å². The summed E-state index contributed by atoms with van der Waals surface area (Å²) in [4.78, 5) is 17.4. The van der Waals surface area contributed by atoms with E-state index in [1.807, 2.05) is 31.2 Å². The van der Waals surface area contributed by atoms with Gasteiger partial charge in [0, 0.05) is 30.2 Å². The average Bonchev–Trinajstić information content (AvgIpc) is 3.24. The Morgan fingerprint density at radius 3 is 3.00 bits per heavy atom. The van der Waals surface area contributed by atoms with Crippen LogP contribution in [0.2, 0.25) is 5.02 Å². The topological polar surface area (TPSA) is 46.9 Å². The Morgan fingerprint density at radius 2 is 2.26 bits per heavy atom. The van der Waals surface area contributed by atoms with E-state index in [1.165, 1.54) is 0 Å². The zero-order chi connectivity index (χ0) is 16.0. The van der Waals surface area contributed by atoms with Crippen molar-refractivity contribution in [3.63, 3.8) is 0 Å². The number of hydrogen-bond acceptors (Lipinski definition) is 2. The summed E-state index contributed by atoms with van der Waals surface area (Å²) < 4.78 is 2.17. The molecule has 0 bridgehead atoms. The third-order valence-electron chi connectivity index (χ3n) is 5.01. The summed E-state index contributed by atoms with van der Waals surface area (Å²) in [6.07, 6.45) is 5.75. The van der Waals surface area contributed by atoms with Gasteiger partial charge in [0.25, 0.3) is 0 Å². The number of carbonyl (C=O) groups is 1. The van der Waals surface area contributed by atoms with Gasteiger partial charge >= 0.3 is 0 Å². The van der Waals surface area contributed by atoms with Gasteiger partial charge in [-0.25, -0.2) is 4.98 Å². The molecule has 1 aromatic carbocycles. The van der Waals surface area contributed by atoms with Gasteiger partial charge in [0.15, 0.2) is 0 Å². The summed E-state index contributed by atoms with van der Waals surface area (Å²) in [6.45, 7) is 2.82. The van der Waals surface area contributed by atoms with E-state index < -0.39 is 0 Å². The van der Waals surface area contributed by atoms with Crippen LogP contribution in [0, 0.1) is 6.92 Å². The molecule has 2 heterocycles. The Morgan fingerprint density at radius 1 is 1.43 bits per heavy atom. The summed E-state index contributed by atoms with van der Waals surface area (Å²) in [5, 5.41) is 3.95. The smallest absolute Gasteiger partial charge is 0.230 e. The number of hydrogen-bond donors (Lipinski definition) is 1. The molecule has 0 radical (unpaired) electrons. The van der Waals surface area contributed by atoms with Crippen LogP contribution in [0.25, 0.3) is 0 Å². The number of aromatic nitrogens is 2. The summed E-state index contributed by atoms with van der Waals surface area (Å²) in [6, 6.07) is 7.89. The first-order chi connectivity index (χ1) is 11.1. The molecule has 1 N–H and O–H groups in total. The quantitative estimate of drug-likeness (QED) is 0.941. The minimum absolute atomic E-state index is 0.144. The number of aryl methyl sites for hydroxylation is 2. The van der Waals surface area contributed by atoms with E-state index in [0.29, 0.717) is 5.02 Å². The molecule has 1 atom stereocenters. The number of amides is 1. The summed E-state index contributed by atoms with van der Waals surface area (Å²) in [5.74, 6) is 1.27. The Bertz CT molecular complexity index is 763. The van der Waals surface area contributed by atoms with Crippen molar-refractivity contribution in [3.05, 3.63) is 52.6 Å². The lowest BCUT2D eigenvalue weighted by molar-refractivity contribution is -0.124. The molecule has 1 amide bonds. The summed E-state index contributed by atoms with van der Waals surface area (Å²) >= 11 is 6.09. The van der Waals surface area contributed by atoms with Gasteiger partial charge in [-0.2, -0.15) is 0 Å². The van der Waals surface area contributed by atoms with E-state index in [0.717, 1.165) is 49.3 Å². The highest BCUT2D eigenvalue weighted by Crippen LogP contribution is 2.49. The number of benzene rings is 1. The van der Waals surface area contributed by atoms with Gasteiger partial charge in [-0.05, 0) is 43.9 Å². The predicted molar refractivity (Wildman–Crippen MR) is 89.6 cm³/mol. The van der Waals surface area contributed by atoms with Crippen LogP contribution in [-0.2, 0) is 23.2 Å². The predicted octanol–water partition coefficient (Wildman–Crippen LogP) is 3.01. The largest absolute Gasteiger partial charge is 0.351 e. The van der Waals surface area contributed by atoms with Crippen LogP contribution in [0.1, 0.15) is 36.3 Å². The van der Waals surface area contributed by atoms with E-state index >= 15 is 0 Å². The summed E-state index contributed by atoms with van der Waals surface area (Å²) in [7, 11) is 0. The van der Waals surface area contributed by atoms with E-state index in [9.17, 15) is 4.79 Å². The molecule has 1 fully saturated rings. The molecule has 1 saturated carbocycles. The lowest BCUT2D eigenvalue weighted by Crippen LogP contribution is -2.45. The molecule has 4 rings (SSSR count). The van der Waals surface area contributed by atoms with Crippen molar-refractivity contribution in [1.29, 1.82) is 0 Å². The Kier molecular flexibility index (Phi) is 3.45. The zero-order valence-corrected chi connectivity index (χ0v) is 13.9. The van der Waals surface area contributed by atoms with E-state index in [-0.39, 0.29) is 17.4 Å². The fourth-order valence-corrected chi connectivity index (χ4v) is 3.78. The molecule has 5 heteroatoms. The van der Waals surface area contributed by atoms with Crippen LogP contribution >= 0.6 is 11.6 Å². The fraction of sp³-hybridized carbons (Fsp3) is 0.444. The Hall–Kier alpha value is -1.81. The number of imidazole rings is 1. The van der Waals surface area contributed by atoms with Crippen LogP contribution in [0.5, 0.6) is 0 Å². The second-order valence-corrected chi connectivity index (χ2v) is 7.19. The Labute approximate surface area is 140 Å². The van der Waals surface area contributed by atoms with E-state index in [4.69, 9.17) is 11.6 Å². The van der Waals surface area contributed by atoms with E-state index in [2.05, 4.69) is 21.1 Å². The highest BCUT2D eigenvalue weighted by atomic mass is 35.5. The van der Waals surface area contributed by atoms with Crippen LogP contribution in [-0.4, -0.2) is 21.5 Å². The standard InChI is InChI=1S/C18H20ClN3O/c1-12-10-22-11-15(5-6-16(22)20-12)21-17(23)18(7-8-18)13-3-2-4-14(19)9-13/h2-4,9-10,15H,5-8,11H2,1H3,(H,21,23)/t15-/m0/s1. The number of nitrogens with one attached hydrogen (secondary N) is 1. The van der Waals surface area contributed by atoms with Gasteiger partial charge in [0.2, 0.25) is 5.91 Å².